The summed E-state index contributed by atoms with van der Waals surface area (Å²) in [6.07, 6.45) is 4.14. The lowest BCUT2D eigenvalue weighted by Crippen LogP contribution is -2.36. The van der Waals surface area contributed by atoms with E-state index in [1.54, 1.807) is 0 Å². The molecule has 0 spiro atoms. The van der Waals surface area contributed by atoms with Gasteiger partial charge in [-0.2, -0.15) is 0 Å². The molecule has 1 saturated carbocycles. The van der Waals surface area contributed by atoms with Crippen LogP contribution < -0.4 is 5.32 Å². The topological polar surface area (TPSA) is 12.0 Å². The fourth-order valence-electron chi connectivity index (χ4n) is 3.15. The normalized spacial score (nSPS) is 26.4. The third-order valence-corrected chi connectivity index (χ3v) is 4.19. The quantitative estimate of drug-likeness (QED) is 0.820. The fourth-order valence-corrected chi connectivity index (χ4v) is 3.15. The molecule has 0 saturated heterocycles. The predicted octanol–water partition coefficient (Wildman–Crippen LogP) is 4.16. The molecule has 1 aliphatic carbocycles. The molecule has 3 atom stereocenters. The summed E-state index contributed by atoms with van der Waals surface area (Å²) in [6, 6.07) is 12.0. The largest absolute Gasteiger partial charge is 0.307 e. The molecule has 0 bridgehead atoms. The highest BCUT2D eigenvalue weighted by atomic mass is 15.0. The molecule has 1 aliphatic rings. The first-order valence-electron chi connectivity index (χ1n) is 6.99. The number of benzene rings is 1. The van der Waals surface area contributed by atoms with Crippen LogP contribution in [-0.4, -0.2) is 6.04 Å². The van der Waals surface area contributed by atoms with Crippen molar-refractivity contribution in [3.8, 4) is 0 Å². The van der Waals surface area contributed by atoms with Gasteiger partial charge in [-0.15, -0.1) is 0 Å². The van der Waals surface area contributed by atoms with Gasteiger partial charge >= 0.3 is 0 Å². The third kappa shape index (κ3) is 3.10. The molecule has 0 radical (unpaired) electrons. The highest BCUT2D eigenvalue weighted by Crippen LogP contribution is 2.33. The zero-order chi connectivity index (χ0) is 12.3. The minimum absolute atomic E-state index is 0.473. The summed E-state index contributed by atoms with van der Waals surface area (Å²) >= 11 is 0. The van der Waals surface area contributed by atoms with Gasteiger partial charge in [-0.1, -0.05) is 50.6 Å². The number of hydrogen-bond donors (Lipinski definition) is 1. The van der Waals surface area contributed by atoms with Crippen molar-refractivity contribution in [1.82, 2.24) is 5.32 Å². The van der Waals surface area contributed by atoms with Gasteiger partial charge in [-0.3, -0.25) is 0 Å². The summed E-state index contributed by atoms with van der Waals surface area (Å²) in [4.78, 5) is 0. The Hall–Kier alpha value is -0.820. The molecule has 1 aromatic carbocycles. The van der Waals surface area contributed by atoms with E-state index in [9.17, 15) is 0 Å². The molecule has 1 N–H and O–H groups in total. The molecule has 0 heterocycles. The van der Waals surface area contributed by atoms with E-state index in [4.69, 9.17) is 0 Å². The van der Waals surface area contributed by atoms with Crippen molar-refractivity contribution in [3.63, 3.8) is 0 Å². The van der Waals surface area contributed by atoms with E-state index >= 15 is 0 Å². The van der Waals surface area contributed by atoms with Gasteiger partial charge in [-0.25, -0.2) is 0 Å². The van der Waals surface area contributed by atoms with E-state index in [0.29, 0.717) is 12.1 Å². The van der Waals surface area contributed by atoms with E-state index in [-0.39, 0.29) is 0 Å². The second-order valence-corrected chi connectivity index (χ2v) is 5.74. The highest BCUT2D eigenvalue weighted by Gasteiger charge is 2.30. The van der Waals surface area contributed by atoms with Gasteiger partial charge in [0.1, 0.15) is 0 Å². The Balaban J connectivity index is 1.97. The van der Waals surface area contributed by atoms with Crippen LogP contribution >= 0.6 is 0 Å². The smallest absolute Gasteiger partial charge is 0.0294 e. The minimum atomic E-state index is 0.473. The lowest BCUT2D eigenvalue weighted by Gasteiger charge is -2.27. The second-order valence-electron chi connectivity index (χ2n) is 5.74. The zero-order valence-corrected chi connectivity index (χ0v) is 11.3. The molecule has 2 rings (SSSR count). The van der Waals surface area contributed by atoms with Crippen molar-refractivity contribution >= 4 is 0 Å². The average molecular weight is 231 g/mol. The van der Waals surface area contributed by atoms with E-state index in [2.05, 4.69) is 56.4 Å². The van der Waals surface area contributed by atoms with Gasteiger partial charge in [0, 0.05) is 12.1 Å². The third-order valence-electron chi connectivity index (χ3n) is 4.19. The molecule has 17 heavy (non-hydrogen) atoms. The van der Waals surface area contributed by atoms with Crippen LogP contribution in [0.3, 0.4) is 0 Å². The molecule has 0 amide bonds. The first kappa shape index (κ1) is 12.6. The molecule has 94 valence electrons. The molecule has 1 nitrogen and oxygen atoms in total. The van der Waals surface area contributed by atoms with E-state index < -0.39 is 0 Å². The second kappa shape index (κ2) is 5.68. The monoisotopic (exact) mass is 231 g/mol. The number of hydrogen-bond acceptors (Lipinski definition) is 1. The Kier molecular flexibility index (Phi) is 4.22. The van der Waals surface area contributed by atoms with Crippen molar-refractivity contribution < 1.29 is 0 Å². The van der Waals surface area contributed by atoms with Gasteiger partial charge < -0.3 is 5.32 Å². The Bertz CT molecular complexity index is 331. The fraction of sp³-hybridized carbons (Fsp3) is 0.625. The van der Waals surface area contributed by atoms with Gasteiger partial charge in [-0.05, 0) is 37.2 Å². The summed E-state index contributed by atoms with van der Waals surface area (Å²) in [6.45, 7) is 7.00. The van der Waals surface area contributed by atoms with Crippen molar-refractivity contribution in [2.45, 2.75) is 52.1 Å². The Morgan fingerprint density at radius 2 is 1.76 bits per heavy atom. The summed E-state index contributed by atoms with van der Waals surface area (Å²) in [7, 11) is 0. The molecule has 0 aromatic heterocycles. The SMILES string of the molecule is CC(N[C@@H]1CCC[C@@H]1C(C)C)c1ccccc1. The maximum atomic E-state index is 3.83. The Labute approximate surface area is 106 Å². The number of rotatable bonds is 4. The van der Waals surface area contributed by atoms with Crippen LogP contribution in [0.15, 0.2) is 30.3 Å². The lowest BCUT2D eigenvalue weighted by atomic mass is 9.90. The molecular weight excluding hydrogens is 206 g/mol. The van der Waals surface area contributed by atoms with Crippen LogP contribution in [0, 0.1) is 11.8 Å². The van der Waals surface area contributed by atoms with Gasteiger partial charge in [0.25, 0.3) is 0 Å². The first-order chi connectivity index (χ1) is 8.18. The number of nitrogens with one attached hydrogen (secondary N) is 1. The van der Waals surface area contributed by atoms with Crippen LogP contribution in [0.25, 0.3) is 0 Å². The minimum Gasteiger partial charge on any atom is -0.307 e. The van der Waals surface area contributed by atoms with Crippen molar-refractivity contribution in [2.75, 3.05) is 0 Å². The van der Waals surface area contributed by atoms with Crippen LogP contribution in [0.2, 0.25) is 0 Å². The van der Waals surface area contributed by atoms with E-state index in [0.717, 1.165) is 11.8 Å². The Morgan fingerprint density at radius 1 is 1.06 bits per heavy atom. The molecule has 0 aliphatic heterocycles. The Morgan fingerprint density at radius 3 is 2.41 bits per heavy atom. The summed E-state index contributed by atoms with van der Waals surface area (Å²) in [5.41, 5.74) is 1.40. The van der Waals surface area contributed by atoms with Crippen LogP contribution in [0.4, 0.5) is 0 Å². The van der Waals surface area contributed by atoms with Crippen molar-refractivity contribution in [3.05, 3.63) is 35.9 Å². The predicted molar refractivity (Wildman–Crippen MR) is 74.0 cm³/mol. The molecule has 1 heteroatoms. The molecule has 1 fully saturated rings. The standard InChI is InChI=1S/C16H25N/c1-12(2)15-10-7-11-16(15)17-13(3)14-8-5-4-6-9-14/h4-6,8-9,12-13,15-17H,7,10-11H2,1-3H3/t13?,15-,16-/m1/s1. The molecule has 1 aromatic rings. The van der Waals surface area contributed by atoms with Gasteiger partial charge in [0.2, 0.25) is 0 Å². The maximum absolute atomic E-state index is 3.83. The molecule has 1 unspecified atom stereocenters. The van der Waals surface area contributed by atoms with Crippen LogP contribution in [0.5, 0.6) is 0 Å². The highest BCUT2D eigenvalue weighted by molar-refractivity contribution is 5.18. The van der Waals surface area contributed by atoms with Gasteiger partial charge in [0.15, 0.2) is 0 Å². The van der Waals surface area contributed by atoms with E-state index in [1.807, 2.05) is 0 Å². The summed E-state index contributed by atoms with van der Waals surface area (Å²) in [5.74, 6) is 1.67. The van der Waals surface area contributed by atoms with Crippen molar-refractivity contribution in [2.24, 2.45) is 11.8 Å². The van der Waals surface area contributed by atoms with Crippen LogP contribution in [0.1, 0.15) is 51.6 Å². The lowest BCUT2D eigenvalue weighted by molar-refractivity contribution is 0.296. The van der Waals surface area contributed by atoms with Crippen molar-refractivity contribution in [1.29, 1.82) is 0 Å². The zero-order valence-electron chi connectivity index (χ0n) is 11.3. The summed E-state index contributed by atoms with van der Waals surface area (Å²) < 4.78 is 0. The average Bonchev–Trinajstić information content (AvgIpc) is 2.78. The summed E-state index contributed by atoms with van der Waals surface area (Å²) in [5, 5.41) is 3.83. The van der Waals surface area contributed by atoms with Crippen LogP contribution in [-0.2, 0) is 0 Å². The van der Waals surface area contributed by atoms with Gasteiger partial charge in [0.05, 0.1) is 0 Å². The van der Waals surface area contributed by atoms with E-state index in [1.165, 1.54) is 24.8 Å². The molecular formula is C16H25N. The first-order valence-corrected chi connectivity index (χ1v) is 6.99. The maximum Gasteiger partial charge on any atom is 0.0294 e.